The van der Waals surface area contributed by atoms with Crippen LogP contribution in [-0.2, 0) is 11.3 Å². The average molecular weight is 329 g/mol. The lowest BCUT2D eigenvalue weighted by atomic mass is 10.2. The minimum Gasteiger partial charge on any atom is -0.494 e. The van der Waals surface area contributed by atoms with Crippen LogP contribution in [-0.4, -0.2) is 26.1 Å². The summed E-state index contributed by atoms with van der Waals surface area (Å²) in [4.78, 5) is 11.1. The molecule has 0 spiro atoms. The topological polar surface area (TPSA) is 50.4 Å². The molecule has 0 aromatic heterocycles. The van der Waals surface area contributed by atoms with Gasteiger partial charge in [0.1, 0.15) is 5.75 Å². The van der Waals surface area contributed by atoms with E-state index < -0.39 is 0 Å². The Morgan fingerprint density at radius 1 is 1.42 bits per heavy atom. The fourth-order valence-electron chi connectivity index (χ4n) is 1.58. The highest BCUT2D eigenvalue weighted by atomic mass is 79.9. The maximum atomic E-state index is 11.1. The number of rotatable bonds is 8. The molecule has 0 unspecified atom stereocenters. The fraction of sp³-hybridized carbons (Fsp3) is 0.500. The zero-order valence-corrected chi connectivity index (χ0v) is 13.0. The van der Waals surface area contributed by atoms with E-state index in [2.05, 4.69) is 33.5 Å². The van der Waals surface area contributed by atoms with Crippen molar-refractivity contribution in [2.75, 3.05) is 20.2 Å². The van der Waals surface area contributed by atoms with Crippen LogP contribution in [0.2, 0.25) is 0 Å². The summed E-state index contributed by atoms with van der Waals surface area (Å²) in [7, 11) is 1.64. The molecule has 1 aromatic rings. The van der Waals surface area contributed by atoms with E-state index >= 15 is 0 Å². The van der Waals surface area contributed by atoms with Gasteiger partial charge in [-0.3, -0.25) is 4.79 Å². The number of carbonyl (C=O) groups excluding carboxylic acids is 1. The maximum absolute atomic E-state index is 11.1. The van der Waals surface area contributed by atoms with Crippen molar-refractivity contribution in [3.05, 3.63) is 28.2 Å². The normalized spacial score (nSPS) is 10.3. The molecule has 2 N–H and O–H groups in total. The molecule has 0 aliphatic rings. The Bertz CT molecular complexity index is 410. The Balaban J connectivity index is 2.43. The van der Waals surface area contributed by atoms with E-state index in [1.54, 1.807) is 7.05 Å². The third-order valence-corrected chi connectivity index (χ3v) is 3.45. The molecule has 19 heavy (non-hydrogen) atoms. The van der Waals surface area contributed by atoms with Crippen molar-refractivity contribution in [1.29, 1.82) is 0 Å². The predicted molar refractivity (Wildman–Crippen MR) is 80.3 cm³/mol. The molecule has 0 saturated carbocycles. The van der Waals surface area contributed by atoms with Gasteiger partial charge < -0.3 is 15.4 Å². The summed E-state index contributed by atoms with van der Waals surface area (Å²) < 4.78 is 6.72. The number of nitrogens with one attached hydrogen (secondary N) is 2. The molecule has 0 bridgehead atoms. The first-order valence-electron chi connectivity index (χ1n) is 6.50. The second kappa shape index (κ2) is 8.93. The second-order valence-corrected chi connectivity index (χ2v) is 5.01. The van der Waals surface area contributed by atoms with Gasteiger partial charge in [0.15, 0.2) is 0 Å². The predicted octanol–water partition coefficient (Wildman–Crippen LogP) is 2.46. The number of benzene rings is 1. The molecule has 106 valence electrons. The highest BCUT2D eigenvalue weighted by molar-refractivity contribution is 9.10. The van der Waals surface area contributed by atoms with E-state index in [9.17, 15) is 4.79 Å². The fourth-order valence-corrected chi connectivity index (χ4v) is 1.97. The molecule has 5 heteroatoms. The molecule has 1 amide bonds. The van der Waals surface area contributed by atoms with Gasteiger partial charge in [0, 0.05) is 24.5 Å². The first-order chi connectivity index (χ1) is 9.17. The molecule has 0 heterocycles. The largest absolute Gasteiger partial charge is 0.494 e. The lowest BCUT2D eigenvalue weighted by molar-refractivity contribution is -0.120. The van der Waals surface area contributed by atoms with E-state index in [1.807, 2.05) is 18.2 Å². The Hall–Kier alpha value is -1.07. The van der Waals surface area contributed by atoms with E-state index in [1.165, 1.54) is 5.56 Å². The van der Waals surface area contributed by atoms with E-state index in [0.29, 0.717) is 13.0 Å². The number of ether oxygens (including phenoxy) is 1. The van der Waals surface area contributed by atoms with Crippen LogP contribution in [0.4, 0.5) is 0 Å². The van der Waals surface area contributed by atoms with Gasteiger partial charge in [0.05, 0.1) is 6.61 Å². The van der Waals surface area contributed by atoms with Gasteiger partial charge in [-0.15, -0.1) is 0 Å². The van der Waals surface area contributed by atoms with Gasteiger partial charge in [-0.2, -0.15) is 0 Å². The molecule has 0 atom stereocenters. The standard InChI is InChI=1S/C14H21BrN2O2/c1-3-17-10-11-9-12(6-7-13(11)15)19-8-4-5-14(18)16-2/h6-7,9,17H,3-5,8,10H2,1-2H3,(H,16,18). The van der Waals surface area contributed by atoms with Crippen LogP contribution in [0.5, 0.6) is 5.75 Å². The Kier molecular flexibility index (Phi) is 7.52. The van der Waals surface area contributed by atoms with Crippen molar-refractivity contribution in [1.82, 2.24) is 10.6 Å². The van der Waals surface area contributed by atoms with E-state index in [0.717, 1.165) is 29.7 Å². The van der Waals surface area contributed by atoms with Crippen molar-refractivity contribution < 1.29 is 9.53 Å². The highest BCUT2D eigenvalue weighted by Crippen LogP contribution is 2.22. The minimum atomic E-state index is 0.0484. The molecule has 4 nitrogen and oxygen atoms in total. The zero-order chi connectivity index (χ0) is 14.1. The molecular weight excluding hydrogens is 308 g/mol. The first-order valence-corrected chi connectivity index (χ1v) is 7.29. The molecule has 0 aliphatic carbocycles. The molecule has 0 fully saturated rings. The Labute approximate surface area is 123 Å². The molecule has 0 radical (unpaired) electrons. The maximum Gasteiger partial charge on any atom is 0.219 e. The third kappa shape index (κ3) is 6.07. The van der Waals surface area contributed by atoms with E-state index in [-0.39, 0.29) is 5.91 Å². The zero-order valence-electron chi connectivity index (χ0n) is 11.5. The summed E-state index contributed by atoms with van der Waals surface area (Å²) >= 11 is 3.52. The van der Waals surface area contributed by atoms with Crippen LogP contribution in [0, 0.1) is 0 Å². The lowest BCUT2D eigenvalue weighted by Crippen LogP contribution is -2.18. The Morgan fingerprint density at radius 3 is 2.89 bits per heavy atom. The van der Waals surface area contributed by atoms with Crippen molar-refractivity contribution in [3.63, 3.8) is 0 Å². The highest BCUT2D eigenvalue weighted by Gasteiger charge is 2.03. The van der Waals surface area contributed by atoms with E-state index in [4.69, 9.17) is 4.74 Å². The SMILES string of the molecule is CCNCc1cc(OCCCC(=O)NC)ccc1Br. The number of carbonyl (C=O) groups is 1. The van der Waals surface area contributed by atoms with Crippen molar-refractivity contribution in [3.8, 4) is 5.75 Å². The van der Waals surface area contributed by atoms with Crippen molar-refractivity contribution >= 4 is 21.8 Å². The van der Waals surface area contributed by atoms with Gasteiger partial charge in [-0.1, -0.05) is 22.9 Å². The van der Waals surface area contributed by atoms with Crippen LogP contribution in [0.1, 0.15) is 25.3 Å². The first kappa shape index (κ1) is 16.0. The number of amides is 1. The molecule has 0 aliphatic heterocycles. The van der Waals surface area contributed by atoms with Crippen molar-refractivity contribution in [2.24, 2.45) is 0 Å². The van der Waals surface area contributed by atoms with Gasteiger partial charge >= 0.3 is 0 Å². The van der Waals surface area contributed by atoms with Gasteiger partial charge in [0.2, 0.25) is 5.91 Å². The molecule has 1 aromatic carbocycles. The van der Waals surface area contributed by atoms with Crippen LogP contribution < -0.4 is 15.4 Å². The third-order valence-electron chi connectivity index (χ3n) is 2.68. The minimum absolute atomic E-state index is 0.0484. The van der Waals surface area contributed by atoms with Crippen molar-refractivity contribution in [2.45, 2.75) is 26.3 Å². The average Bonchev–Trinajstić information content (AvgIpc) is 2.43. The van der Waals surface area contributed by atoms with Gasteiger partial charge in [-0.25, -0.2) is 0 Å². The number of hydrogen-bond acceptors (Lipinski definition) is 3. The monoisotopic (exact) mass is 328 g/mol. The van der Waals surface area contributed by atoms with Crippen LogP contribution in [0.25, 0.3) is 0 Å². The molecular formula is C14H21BrN2O2. The van der Waals surface area contributed by atoms with Crippen LogP contribution >= 0.6 is 15.9 Å². The summed E-state index contributed by atoms with van der Waals surface area (Å²) in [6.45, 7) is 4.37. The summed E-state index contributed by atoms with van der Waals surface area (Å²) in [6.07, 6.45) is 1.22. The second-order valence-electron chi connectivity index (χ2n) is 4.16. The summed E-state index contributed by atoms with van der Waals surface area (Å²) in [5.41, 5.74) is 1.17. The van der Waals surface area contributed by atoms with Gasteiger partial charge in [0.25, 0.3) is 0 Å². The smallest absolute Gasteiger partial charge is 0.219 e. The molecule has 0 saturated heterocycles. The Morgan fingerprint density at radius 2 is 2.21 bits per heavy atom. The van der Waals surface area contributed by atoms with Gasteiger partial charge in [-0.05, 0) is 36.7 Å². The van der Waals surface area contributed by atoms with Crippen LogP contribution in [0.15, 0.2) is 22.7 Å². The summed E-state index contributed by atoms with van der Waals surface area (Å²) in [5.74, 6) is 0.889. The number of halogens is 1. The summed E-state index contributed by atoms with van der Waals surface area (Å²) in [6, 6.07) is 5.94. The quantitative estimate of drug-likeness (QED) is 0.721. The number of hydrogen-bond donors (Lipinski definition) is 2. The lowest BCUT2D eigenvalue weighted by Gasteiger charge is -2.10. The van der Waals surface area contributed by atoms with Crippen LogP contribution in [0.3, 0.4) is 0 Å². The molecule has 1 rings (SSSR count). The summed E-state index contributed by atoms with van der Waals surface area (Å²) in [5, 5.41) is 5.88.